The Morgan fingerprint density at radius 1 is 0.895 bits per heavy atom. The summed E-state index contributed by atoms with van der Waals surface area (Å²) in [5.41, 5.74) is 1.74. The van der Waals surface area contributed by atoms with Crippen LogP contribution in [-0.2, 0) is 5.41 Å². The van der Waals surface area contributed by atoms with E-state index in [4.69, 9.17) is 0 Å². The standard InChI is InChI=1S/C10H13.C6H5.CH2Br.Sn/c1-10(2,3)9-7-5-4-6-8-9;1-2-4-6-5-3-1;1-2;/h4-8H,1H2,2-3H3;1-5H;1H2;. The van der Waals surface area contributed by atoms with Crippen molar-refractivity contribution in [2.24, 2.45) is 0 Å². The SMILES string of the molecule is CC(C)([CH2][Sn]([CH2]Br)[c]1ccccc1)c1ccccc1. The first-order valence-corrected chi connectivity index (χ1v) is 13.2. The Balaban J connectivity index is 2.19. The van der Waals surface area contributed by atoms with Gasteiger partial charge in [0.2, 0.25) is 0 Å². The average Bonchev–Trinajstić information content (AvgIpc) is 2.47. The molecule has 0 unspecified atom stereocenters. The van der Waals surface area contributed by atoms with E-state index in [1.165, 1.54) is 13.3 Å². The van der Waals surface area contributed by atoms with E-state index in [9.17, 15) is 0 Å². The van der Waals surface area contributed by atoms with Crippen molar-refractivity contribution in [2.45, 2.75) is 23.7 Å². The molecule has 99 valence electrons. The van der Waals surface area contributed by atoms with E-state index in [0.717, 1.165) is 0 Å². The molecule has 0 bridgehead atoms. The second kappa shape index (κ2) is 6.94. The maximum absolute atomic E-state index is 3.77. The normalized spacial score (nSPS) is 11.8. The molecule has 0 saturated heterocycles. The summed E-state index contributed by atoms with van der Waals surface area (Å²) in [6, 6.07) is 22.0. The number of halogens is 1. The van der Waals surface area contributed by atoms with Crippen LogP contribution in [0.1, 0.15) is 19.4 Å². The van der Waals surface area contributed by atoms with Crippen molar-refractivity contribution >= 4 is 39.3 Å². The second-order valence-electron chi connectivity index (χ2n) is 5.53. The first-order chi connectivity index (χ1) is 9.13. The Hall–Kier alpha value is -0.281. The van der Waals surface area contributed by atoms with Crippen LogP contribution in [-0.4, -0.2) is 23.1 Å². The molecule has 2 rings (SSSR count). The van der Waals surface area contributed by atoms with Crippen LogP contribution in [0.2, 0.25) is 4.44 Å². The molecule has 1 radical (unpaired) electrons. The summed E-state index contributed by atoms with van der Waals surface area (Å²) in [5.74, 6) is 0. The van der Waals surface area contributed by atoms with E-state index < -0.39 is 19.8 Å². The van der Waals surface area contributed by atoms with Gasteiger partial charge < -0.3 is 0 Å². The first kappa shape index (κ1) is 15.1. The number of hydrogen-bond acceptors (Lipinski definition) is 0. The molecule has 19 heavy (non-hydrogen) atoms. The van der Waals surface area contributed by atoms with Crippen molar-refractivity contribution in [2.75, 3.05) is 3.35 Å². The Bertz CT molecular complexity index is 493. The van der Waals surface area contributed by atoms with Gasteiger partial charge >= 0.3 is 133 Å². The van der Waals surface area contributed by atoms with Gasteiger partial charge in [-0.25, -0.2) is 0 Å². The van der Waals surface area contributed by atoms with Gasteiger partial charge in [-0.1, -0.05) is 0 Å². The topological polar surface area (TPSA) is 0 Å². The minimum atomic E-state index is -1.57. The number of alkyl halides is 1. The van der Waals surface area contributed by atoms with Gasteiger partial charge in [0.15, 0.2) is 0 Å². The zero-order valence-corrected chi connectivity index (χ0v) is 16.0. The van der Waals surface area contributed by atoms with Crippen LogP contribution in [0.5, 0.6) is 0 Å². The van der Waals surface area contributed by atoms with Crippen LogP contribution >= 0.6 is 15.9 Å². The van der Waals surface area contributed by atoms with Gasteiger partial charge in [-0.05, 0) is 0 Å². The van der Waals surface area contributed by atoms with Crippen LogP contribution in [0, 0.1) is 0 Å². The maximum atomic E-state index is 3.77. The zero-order valence-electron chi connectivity index (χ0n) is 11.6. The molecule has 0 spiro atoms. The first-order valence-electron chi connectivity index (χ1n) is 6.65. The molecule has 0 aliphatic heterocycles. The molecule has 0 N–H and O–H groups in total. The van der Waals surface area contributed by atoms with Crippen LogP contribution in [0.15, 0.2) is 60.7 Å². The van der Waals surface area contributed by atoms with Crippen LogP contribution < -0.4 is 3.58 Å². The Kier molecular flexibility index (Phi) is 5.52. The van der Waals surface area contributed by atoms with Crippen molar-refractivity contribution in [3.63, 3.8) is 0 Å². The van der Waals surface area contributed by atoms with E-state index in [2.05, 4.69) is 90.4 Å². The van der Waals surface area contributed by atoms with Crippen molar-refractivity contribution in [3.8, 4) is 0 Å². The molecule has 0 aliphatic carbocycles. The minimum absolute atomic E-state index is 0.277. The van der Waals surface area contributed by atoms with Gasteiger partial charge in [0, 0.05) is 0 Å². The van der Waals surface area contributed by atoms with Gasteiger partial charge in [0.05, 0.1) is 0 Å². The molecule has 0 nitrogen and oxygen atoms in total. The molecule has 2 heteroatoms. The molecular weight excluding hydrogens is 403 g/mol. The van der Waals surface area contributed by atoms with Gasteiger partial charge in [-0.15, -0.1) is 0 Å². The number of rotatable bonds is 5. The van der Waals surface area contributed by atoms with Crippen LogP contribution in [0.4, 0.5) is 0 Å². The van der Waals surface area contributed by atoms with E-state index in [0.29, 0.717) is 0 Å². The Morgan fingerprint density at radius 3 is 1.95 bits per heavy atom. The van der Waals surface area contributed by atoms with Gasteiger partial charge in [0.25, 0.3) is 0 Å². The Labute approximate surface area is 132 Å². The van der Waals surface area contributed by atoms with E-state index in [1.807, 2.05) is 0 Å². The third-order valence-electron chi connectivity index (χ3n) is 3.55. The predicted molar refractivity (Wildman–Crippen MR) is 89.9 cm³/mol. The van der Waals surface area contributed by atoms with Crippen molar-refractivity contribution in [3.05, 3.63) is 66.2 Å². The van der Waals surface area contributed by atoms with E-state index in [-0.39, 0.29) is 5.41 Å². The van der Waals surface area contributed by atoms with Gasteiger partial charge in [0.1, 0.15) is 0 Å². The molecule has 0 amide bonds. The summed E-state index contributed by atoms with van der Waals surface area (Å²) < 4.78 is 4.16. The van der Waals surface area contributed by atoms with E-state index >= 15 is 0 Å². The van der Waals surface area contributed by atoms with Crippen molar-refractivity contribution < 1.29 is 0 Å². The van der Waals surface area contributed by atoms with Crippen LogP contribution in [0.3, 0.4) is 0 Å². The number of benzene rings is 2. The summed E-state index contributed by atoms with van der Waals surface area (Å²) in [5, 5.41) is 0. The fourth-order valence-electron chi connectivity index (χ4n) is 2.43. The second-order valence-corrected chi connectivity index (χ2v) is 16.2. The fourth-order valence-corrected chi connectivity index (χ4v) is 12.7. The summed E-state index contributed by atoms with van der Waals surface area (Å²) in [4.78, 5) is 0. The number of hydrogen-bond donors (Lipinski definition) is 0. The van der Waals surface area contributed by atoms with Gasteiger partial charge in [-0.2, -0.15) is 0 Å². The summed E-state index contributed by atoms with van der Waals surface area (Å²) in [6.45, 7) is 4.77. The molecular formula is C17H20BrSn. The summed E-state index contributed by atoms with van der Waals surface area (Å²) >= 11 is 2.19. The molecule has 2 aromatic rings. The zero-order chi connectivity index (χ0) is 13.7. The van der Waals surface area contributed by atoms with Crippen molar-refractivity contribution in [1.82, 2.24) is 0 Å². The third-order valence-corrected chi connectivity index (χ3v) is 16.0. The summed E-state index contributed by atoms with van der Waals surface area (Å²) in [7, 11) is 0. The average molecular weight is 423 g/mol. The molecule has 0 heterocycles. The molecule has 2 aromatic carbocycles. The van der Waals surface area contributed by atoms with Crippen molar-refractivity contribution in [1.29, 1.82) is 0 Å². The van der Waals surface area contributed by atoms with E-state index in [1.54, 1.807) is 3.58 Å². The predicted octanol–water partition coefficient (Wildman–Crippen LogP) is 4.30. The third kappa shape index (κ3) is 4.09. The molecule has 0 atom stereocenters. The Morgan fingerprint density at radius 2 is 1.42 bits per heavy atom. The van der Waals surface area contributed by atoms with Crippen LogP contribution in [0.25, 0.3) is 0 Å². The summed E-state index contributed by atoms with van der Waals surface area (Å²) in [6.07, 6.45) is 0. The molecule has 0 aliphatic rings. The fraction of sp³-hybridized carbons (Fsp3) is 0.294. The molecule has 0 saturated carbocycles. The molecule has 0 aromatic heterocycles. The monoisotopic (exact) mass is 423 g/mol. The van der Waals surface area contributed by atoms with Gasteiger partial charge in [-0.3, -0.25) is 0 Å². The quantitative estimate of drug-likeness (QED) is 0.498. The molecule has 0 fully saturated rings.